The van der Waals surface area contributed by atoms with Gasteiger partial charge in [0.2, 0.25) is 5.96 Å². The summed E-state index contributed by atoms with van der Waals surface area (Å²) in [5.74, 6) is 0.0456. The van der Waals surface area contributed by atoms with Gasteiger partial charge in [-0.25, -0.2) is 15.2 Å². The molecule has 2 atom stereocenters. The Hall–Kier alpha value is -3.42. The molecule has 8 heteroatoms. The Bertz CT molecular complexity index is 830. The highest BCUT2D eigenvalue weighted by molar-refractivity contribution is 6.04. The number of likely N-dealkylation sites (N-methyl/N-ethyl adjacent to an activating group) is 1. The first kappa shape index (κ1) is 18.4. The lowest BCUT2D eigenvalue weighted by Gasteiger charge is -2.35. The third kappa shape index (κ3) is 3.89. The second-order valence-corrected chi connectivity index (χ2v) is 6.27. The van der Waals surface area contributed by atoms with E-state index in [1.807, 2.05) is 49.4 Å². The van der Waals surface area contributed by atoms with Gasteiger partial charge in [0, 0.05) is 13.6 Å². The van der Waals surface area contributed by atoms with Crippen LogP contribution in [-0.4, -0.2) is 59.2 Å². The van der Waals surface area contributed by atoms with Gasteiger partial charge in [0.05, 0.1) is 5.71 Å². The van der Waals surface area contributed by atoms with Crippen molar-refractivity contribution in [2.45, 2.75) is 19.1 Å². The molecule has 0 saturated carbocycles. The summed E-state index contributed by atoms with van der Waals surface area (Å²) < 4.78 is 0. The summed E-state index contributed by atoms with van der Waals surface area (Å²) >= 11 is 0. The van der Waals surface area contributed by atoms with Gasteiger partial charge < -0.3 is 9.80 Å². The van der Waals surface area contributed by atoms with Gasteiger partial charge in [-0.2, -0.15) is 5.10 Å². The van der Waals surface area contributed by atoms with Crippen LogP contribution in [0.4, 0.5) is 4.79 Å². The largest absolute Gasteiger partial charge is 0.325 e. The van der Waals surface area contributed by atoms with Crippen LogP contribution in [0.3, 0.4) is 0 Å². The van der Waals surface area contributed by atoms with E-state index in [4.69, 9.17) is 0 Å². The second-order valence-electron chi connectivity index (χ2n) is 6.27. The van der Waals surface area contributed by atoms with Crippen LogP contribution < -0.4 is 10.7 Å². The Morgan fingerprint density at radius 3 is 2.81 bits per heavy atom. The lowest BCUT2D eigenvalue weighted by Crippen LogP contribution is -2.64. The molecule has 0 radical (unpaired) electrons. The summed E-state index contributed by atoms with van der Waals surface area (Å²) in [6.45, 7) is 5.99. The standard InChI is InChI=1S/C19H22N6O2/c1-4-12-25-15-16(24(3)19(27)21-17(15)26)20-18(25)23-22-13(2)10-11-14-8-6-5-7-9-14/h4-11,15-16H,1,12H2,2-3H3,(H,20,23)(H,21,26,27)/b11-10+,22-13-. The van der Waals surface area contributed by atoms with Gasteiger partial charge in [-0.3, -0.25) is 10.1 Å². The van der Waals surface area contributed by atoms with Gasteiger partial charge in [0.1, 0.15) is 0 Å². The molecule has 1 aromatic carbocycles. The van der Waals surface area contributed by atoms with Crippen LogP contribution in [0.5, 0.6) is 0 Å². The van der Waals surface area contributed by atoms with Gasteiger partial charge in [-0.05, 0) is 18.6 Å². The van der Waals surface area contributed by atoms with Crippen LogP contribution in [0.1, 0.15) is 12.5 Å². The fourth-order valence-electron chi connectivity index (χ4n) is 2.91. The highest BCUT2D eigenvalue weighted by atomic mass is 16.2. The summed E-state index contributed by atoms with van der Waals surface area (Å²) in [6.07, 6.45) is 4.92. The topological polar surface area (TPSA) is 89.4 Å². The molecule has 2 unspecified atom stereocenters. The van der Waals surface area contributed by atoms with Crippen LogP contribution in [0.2, 0.25) is 0 Å². The van der Waals surface area contributed by atoms with Gasteiger partial charge >= 0.3 is 6.03 Å². The average molecular weight is 366 g/mol. The van der Waals surface area contributed by atoms with Crippen LogP contribution >= 0.6 is 0 Å². The van der Waals surface area contributed by atoms with Crippen molar-refractivity contribution in [3.05, 3.63) is 54.6 Å². The van der Waals surface area contributed by atoms with Crippen LogP contribution in [0.15, 0.2) is 59.2 Å². The van der Waals surface area contributed by atoms with E-state index < -0.39 is 18.2 Å². The zero-order valence-corrected chi connectivity index (χ0v) is 15.3. The van der Waals surface area contributed by atoms with Crippen molar-refractivity contribution in [1.29, 1.82) is 0 Å². The van der Waals surface area contributed by atoms with Crippen molar-refractivity contribution < 1.29 is 9.59 Å². The number of hydrogen-bond acceptors (Lipinski definition) is 6. The van der Waals surface area contributed by atoms with Crippen molar-refractivity contribution >= 4 is 29.7 Å². The third-order valence-corrected chi connectivity index (χ3v) is 4.34. The third-order valence-electron chi connectivity index (χ3n) is 4.34. The molecule has 2 N–H and O–H groups in total. The molecule has 1 saturated heterocycles. The van der Waals surface area contributed by atoms with Gasteiger partial charge in [-0.1, -0.05) is 42.5 Å². The normalized spacial score (nSPS) is 22.6. The van der Waals surface area contributed by atoms with Crippen molar-refractivity contribution in [2.75, 3.05) is 13.6 Å². The maximum atomic E-state index is 12.3. The summed E-state index contributed by atoms with van der Waals surface area (Å²) in [7, 11) is 1.61. The Morgan fingerprint density at radius 2 is 2.11 bits per heavy atom. The molecule has 0 spiro atoms. The van der Waals surface area contributed by atoms with Gasteiger partial charge in [0.25, 0.3) is 5.91 Å². The zero-order chi connectivity index (χ0) is 19.4. The molecule has 0 aliphatic carbocycles. The van der Waals surface area contributed by atoms with Gasteiger partial charge in [-0.15, -0.1) is 6.58 Å². The van der Waals surface area contributed by atoms with Crippen molar-refractivity contribution in [1.82, 2.24) is 20.5 Å². The molecule has 0 aromatic heterocycles. The van der Waals surface area contributed by atoms with E-state index in [-0.39, 0.29) is 5.91 Å². The van der Waals surface area contributed by atoms with E-state index in [9.17, 15) is 9.59 Å². The number of guanidine groups is 1. The first-order valence-electron chi connectivity index (χ1n) is 8.57. The molecule has 2 aliphatic heterocycles. The van der Waals surface area contributed by atoms with E-state index in [0.717, 1.165) is 11.3 Å². The molecule has 3 amide bonds. The number of benzene rings is 1. The molecular weight excluding hydrogens is 344 g/mol. The smallest absolute Gasteiger partial charge is 0.322 e. The molecule has 1 aromatic rings. The average Bonchev–Trinajstić information content (AvgIpc) is 3.03. The number of imide groups is 1. The lowest BCUT2D eigenvalue weighted by molar-refractivity contribution is -0.126. The number of nitrogens with one attached hydrogen (secondary N) is 2. The second kappa shape index (κ2) is 7.86. The van der Waals surface area contributed by atoms with E-state index >= 15 is 0 Å². The van der Waals surface area contributed by atoms with E-state index in [0.29, 0.717) is 12.5 Å². The van der Waals surface area contributed by atoms with Crippen LogP contribution in [-0.2, 0) is 4.79 Å². The van der Waals surface area contributed by atoms with E-state index in [1.54, 1.807) is 18.0 Å². The molecular formula is C19H22N6O2. The molecule has 27 heavy (non-hydrogen) atoms. The summed E-state index contributed by atoms with van der Waals surface area (Å²) in [6, 6.07) is 8.83. The highest BCUT2D eigenvalue weighted by Crippen LogP contribution is 2.23. The highest BCUT2D eigenvalue weighted by Gasteiger charge is 2.48. The number of hydrazone groups is 1. The predicted octanol–water partition coefficient (Wildman–Crippen LogP) is 1.40. The van der Waals surface area contributed by atoms with Crippen LogP contribution in [0.25, 0.3) is 6.08 Å². The monoisotopic (exact) mass is 366 g/mol. The Balaban J connectivity index is 1.76. The lowest BCUT2D eigenvalue weighted by atomic mass is 10.1. The first-order chi connectivity index (χ1) is 13.0. The number of nitrogens with zero attached hydrogens (tertiary/aromatic N) is 4. The first-order valence-corrected chi connectivity index (χ1v) is 8.57. The number of rotatable bonds is 5. The number of carbonyl (C=O) groups excluding carboxylic acids is 2. The maximum Gasteiger partial charge on any atom is 0.325 e. The predicted molar refractivity (Wildman–Crippen MR) is 105 cm³/mol. The Kier molecular flexibility index (Phi) is 5.35. The number of aliphatic imine (C=N–C) groups is 1. The molecule has 1 fully saturated rings. The molecule has 2 heterocycles. The number of allylic oxidation sites excluding steroid dienone is 1. The summed E-state index contributed by atoms with van der Waals surface area (Å²) in [5.41, 5.74) is 4.72. The van der Waals surface area contributed by atoms with E-state index in [1.165, 1.54) is 4.90 Å². The van der Waals surface area contributed by atoms with E-state index in [2.05, 4.69) is 27.4 Å². The van der Waals surface area contributed by atoms with Gasteiger partial charge in [0.15, 0.2) is 12.2 Å². The minimum atomic E-state index is -0.608. The van der Waals surface area contributed by atoms with Crippen LogP contribution in [0, 0.1) is 0 Å². The molecule has 2 aliphatic rings. The number of carbonyl (C=O) groups is 2. The number of hydrogen-bond donors (Lipinski definition) is 2. The Labute approximate surface area is 157 Å². The minimum absolute atomic E-state index is 0.379. The van der Waals surface area contributed by atoms with Crippen molar-refractivity contribution in [2.24, 2.45) is 10.1 Å². The fraction of sp³-hybridized carbons (Fsp3) is 0.263. The zero-order valence-electron chi connectivity index (χ0n) is 15.3. The molecule has 3 rings (SSSR count). The quantitative estimate of drug-likeness (QED) is 0.468. The molecule has 0 bridgehead atoms. The maximum absolute atomic E-state index is 12.3. The molecule has 8 nitrogen and oxygen atoms in total. The Morgan fingerprint density at radius 1 is 1.37 bits per heavy atom. The van der Waals surface area contributed by atoms with Crippen molar-refractivity contribution in [3.63, 3.8) is 0 Å². The fourth-order valence-corrected chi connectivity index (χ4v) is 2.91. The number of fused-ring (bicyclic) bond motifs is 1. The SMILES string of the molecule is C=CCN1C(N/N=C(C)\C=C\c2ccccc2)=NC2C1C(=O)NC(=O)N2C. The summed E-state index contributed by atoms with van der Waals surface area (Å²) in [4.78, 5) is 31.7. The molecule has 140 valence electrons. The summed E-state index contributed by atoms with van der Waals surface area (Å²) in [5, 5.41) is 6.66. The van der Waals surface area contributed by atoms with Crippen molar-refractivity contribution in [3.8, 4) is 0 Å². The number of amides is 3. The number of urea groups is 1. The minimum Gasteiger partial charge on any atom is -0.322 e.